The maximum Gasteiger partial charge on any atom is 0.177 e. The van der Waals surface area contributed by atoms with Gasteiger partial charge in [-0.2, -0.15) is 0 Å². The summed E-state index contributed by atoms with van der Waals surface area (Å²) in [5.41, 5.74) is 4.41. The van der Waals surface area contributed by atoms with Crippen molar-refractivity contribution in [1.29, 1.82) is 0 Å². The molecular weight excluding hydrogens is 312 g/mol. The molecule has 1 saturated heterocycles. The van der Waals surface area contributed by atoms with E-state index in [4.69, 9.17) is 14.7 Å². The molecule has 4 heterocycles. The molecule has 0 saturated carbocycles. The van der Waals surface area contributed by atoms with Gasteiger partial charge >= 0.3 is 0 Å². The fraction of sp³-hybridized carbons (Fsp3) is 0.300. The number of fused-ring (bicyclic) bond motifs is 8. The van der Waals surface area contributed by atoms with Crippen LogP contribution in [0, 0.1) is 0 Å². The van der Waals surface area contributed by atoms with Gasteiger partial charge in [0.1, 0.15) is 0 Å². The quantitative estimate of drug-likeness (QED) is 0.463. The Kier molecular flexibility index (Phi) is 2.68. The van der Waals surface area contributed by atoms with E-state index < -0.39 is 0 Å². The number of ether oxygens (including phenoxy) is 1. The van der Waals surface area contributed by atoms with Crippen molar-refractivity contribution >= 4 is 22.1 Å². The zero-order valence-electron chi connectivity index (χ0n) is 13.8. The number of para-hydroxylation sites is 4. The molecule has 1 fully saturated rings. The molecule has 2 aromatic heterocycles. The summed E-state index contributed by atoms with van der Waals surface area (Å²) in [6.07, 6.45) is 2.87. The molecule has 25 heavy (non-hydrogen) atoms. The van der Waals surface area contributed by atoms with E-state index in [-0.39, 0.29) is 0 Å². The highest BCUT2D eigenvalue weighted by Gasteiger charge is 2.39. The van der Waals surface area contributed by atoms with Gasteiger partial charge in [-0.1, -0.05) is 24.3 Å². The number of hydrogen-bond acceptors (Lipinski definition) is 3. The predicted molar refractivity (Wildman–Crippen MR) is 96.4 cm³/mol. The number of rotatable bonds is 0. The number of imidazole rings is 2. The lowest BCUT2D eigenvalue weighted by Gasteiger charge is -2.12. The zero-order chi connectivity index (χ0) is 16.4. The lowest BCUT2D eigenvalue weighted by Crippen LogP contribution is -2.12. The molecule has 2 unspecified atom stereocenters. The SMILES string of the molecule is c1ccc2c(c1)nc1n2CCC2OC2CCn2c-1nc1ccccc12. The minimum atomic E-state index is 0.394. The average Bonchev–Trinajstić information content (AvgIpc) is 3.15. The number of aromatic nitrogens is 4. The smallest absolute Gasteiger partial charge is 0.177 e. The van der Waals surface area contributed by atoms with Crippen LogP contribution in [0.3, 0.4) is 0 Å². The lowest BCUT2D eigenvalue weighted by atomic mass is 10.1. The molecule has 0 N–H and O–H groups in total. The van der Waals surface area contributed by atoms with Crippen LogP contribution in [0.5, 0.6) is 0 Å². The largest absolute Gasteiger partial charge is 0.369 e. The lowest BCUT2D eigenvalue weighted by molar-refractivity contribution is 0.347. The topological polar surface area (TPSA) is 48.2 Å². The molecule has 5 heteroatoms. The van der Waals surface area contributed by atoms with Crippen molar-refractivity contribution in [3.8, 4) is 11.6 Å². The van der Waals surface area contributed by atoms with E-state index in [0.29, 0.717) is 12.2 Å². The second kappa shape index (κ2) is 4.92. The summed E-state index contributed by atoms with van der Waals surface area (Å²) in [6, 6.07) is 16.7. The Morgan fingerprint density at radius 1 is 0.720 bits per heavy atom. The van der Waals surface area contributed by atoms with Crippen LogP contribution in [0.2, 0.25) is 0 Å². The molecule has 2 aromatic carbocycles. The summed E-state index contributed by atoms with van der Waals surface area (Å²) in [7, 11) is 0. The van der Waals surface area contributed by atoms with Gasteiger partial charge in [0.15, 0.2) is 11.6 Å². The Morgan fingerprint density at radius 3 is 1.72 bits per heavy atom. The normalized spacial score (nSPS) is 22.4. The van der Waals surface area contributed by atoms with Crippen LogP contribution < -0.4 is 0 Å². The van der Waals surface area contributed by atoms with E-state index >= 15 is 0 Å². The third kappa shape index (κ3) is 1.99. The third-order valence-electron chi connectivity index (χ3n) is 5.47. The third-order valence-corrected chi connectivity index (χ3v) is 5.47. The summed E-state index contributed by atoms with van der Waals surface area (Å²) in [5, 5.41) is 0. The fourth-order valence-corrected chi connectivity index (χ4v) is 4.14. The van der Waals surface area contributed by atoms with Crippen LogP contribution in [0.4, 0.5) is 0 Å². The minimum absolute atomic E-state index is 0.394. The van der Waals surface area contributed by atoms with Crippen molar-refractivity contribution in [3.63, 3.8) is 0 Å². The number of benzene rings is 2. The Bertz CT molecular complexity index is 1020. The van der Waals surface area contributed by atoms with E-state index in [0.717, 1.165) is 48.6 Å². The summed E-state index contributed by atoms with van der Waals surface area (Å²) in [5.74, 6) is 1.94. The van der Waals surface area contributed by atoms with Gasteiger partial charge in [-0.15, -0.1) is 0 Å². The number of hydrogen-bond donors (Lipinski definition) is 0. The first-order chi connectivity index (χ1) is 12.4. The van der Waals surface area contributed by atoms with Gasteiger partial charge in [0.05, 0.1) is 34.3 Å². The first-order valence-electron chi connectivity index (χ1n) is 8.95. The summed E-state index contributed by atoms with van der Waals surface area (Å²) >= 11 is 0. The maximum absolute atomic E-state index is 5.89. The Hall–Kier alpha value is -2.66. The van der Waals surface area contributed by atoms with Gasteiger partial charge in [0, 0.05) is 13.1 Å². The van der Waals surface area contributed by atoms with Crippen molar-refractivity contribution in [2.45, 2.75) is 38.1 Å². The van der Waals surface area contributed by atoms with Crippen LogP contribution in [-0.2, 0) is 17.8 Å². The van der Waals surface area contributed by atoms with Crippen molar-refractivity contribution < 1.29 is 4.74 Å². The zero-order valence-corrected chi connectivity index (χ0v) is 13.8. The first kappa shape index (κ1) is 13.6. The van der Waals surface area contributed by atoms with Crippen molar-refractivity contribution in [1.82, 2.24) is 19.1 Å². The highest BCUT2D eigenvalue weighted by atomic mass is 16.6. The second-order valence-electron chi connectivity index (χ2n) is 6.94. The van der Waals surface area contributed by atoms with Crippen LogP contribution >= 0.6 is 0 Å². The van der Waals surface area contributed by atoms with E-state index in [9.17, 15) is 0 Å². The predicted octanol–water partition coefficient (Wildman–Crippen LogP) is 3.61. The molecule has 2 atom stereocenters. The van der Waals surface area contributed by atoms with Crippen LogP contribution in [0.15, 0.2) is 48.5 Å². The molecule has 0 spiro atoms. The van der Waals surface area contributed by atoms with Crippen LogP contribution in [-0.4, -0.2) is 31.3 Å². The van der Waals surface area contributed by atoms with E-state index in [1.165, 1.54) is 11.0 Å². The summed E-state index contributed by atoms with van der Waals surface area (Å²) in [4.78, 5) is 9.88. The summed E-state index contributed by atoms with van der Waals surface area (Å²) < 4.78 is 10.5. The molecule has 124 valence electrons. The Labute approximate surface area is 144 Å². The van der Waals surface area contributed by atoms with Crippen LogP contribution in [0.1, 0.15) is 12.8 Å². The van der Waals surface area contributed by atoms with Crippen molar-refractivity contribution in [2.75, 3.05) is 0 Å². The fourth-order valence-electron chi connectivity index (χ4n) is 4.14. The van der Waals surface area contributed by atoms with Crippen LogP contribution in [0.25, 0.3) is 33.7 Å². The standard InChI is InChI=1S/C20H18N4O/c1-3-7-15-13(5-1)21-19-20-22-14-6-2-4-8-16(14)24(20)12-10-18-17(25-18)9-11-23(15)19/h1-8,17-18H,9-12H2. The molecule has 2 aliphatic rings. The molecule has 0 aliphatic carbocycles. The molecule has 6 rings (SSSR count). The Morgan fingerprint density at radius 2 is 1.20 bits per heavy atom. The van der Waals surface area contributed by atoms with Gasteiger partial charge < -0.3 is 13.9 Å². The second-order valence-corrected chi connectivity index (χ2v) is 6.94. The molecule has 5 nitrogen and oxygen atoms in total. The van der Waals surface area contributed by atoms with Gasteiger partial charge in [0.2, 0.25) is 0 Å². The van der Waals surface area contributed by atoms with Crippen molar-refractivity contribution in [2.24, 2.45) is 0 Å². The highest BCUT2D eigenvalue weighted by molar-refractivity contribution is 5.83. The van der Waals surface area contributed by atoms with Gasteiger partial charge in [0.25, 0.3) is 0 Å². The highest BCUT2D eigenvalue weighted by Crippen LogP contribution is 2.35. The molecule has 0 bridgehead atoms. The van der Waals surface area contributed by atoms with Gasteiger partial charge in [-0.3, -0.25) is 0 Å². The maximum atomic E-state index is 5.89. The number of aryl methyl sites for hydroxylation is 2. The first-order valence-corrected chi connectivity index (χ1v) is 8.95. The van der Waals surface area contributed by atoms with Gasteiger partial charge in [-0.25, -0.2) is 9.97 Å². The molecule has 2 aliphatic heterocycles. The average molecular weight is 330 g/mol. The molecule has 0 amide bonds. The number of epoxide rings is 1. The van der Waals surface area contributed by atoms with Gasteiger partial charge in [-0.05, 0) is 37.1 Å². The van der Waals surface area contributed by atoms with E-state index in [1.807, 2.05) is 12.1 Å². The summed E-state index contributed by atoms with van der Waals surface area (Å²) in [6.45, 7) is 1.83. The minimum Gasteiger partial charge on any atom is -0.369 e. The van der Waals surface area contributed by atoms with Crippen molar-refractivity contribution in [3.05, 3.63) is 48.5 Å². The molecule has 0 radical (unpaired) electrons. The number of nitrogens with zero attached hydrogens (tertiary/aromatic N) is 4. The Balaban J connectivity index is 1.67. The molecule has 4 aromatic rings. The monoisotopic (exact) mass is 330 g/mol. The van der Waals surface area contributed by atoms with E-state index in [2.05, 4.69) is 45.5 Å². The molecular formula is C20H18N4O. The van der Waals surface area contributed by atoms with E-state index in [1.54, 1.807) is 0 Å².